The Balaban J connectivity index is 1.77. The molecule has 2 aromatic rings. The van der Waals surface area contributed by atoms with Crippen LogP contribution < -0.4 is 10.6 Å². The van der Waals surface area contributed by atoms with E-state index in [1.807, 2.05) is 22.9 Å². The van der Waals surface area contributed by atoms with Gasteiger partial charge in [-0.2, -0.15) is 10.4 Å². The molecule has 5 nitrogen and oxygen atoms in total. The van der Waals surface area contributed by atoms with Crippen molar-refractivity contribution >= 4 is 0 Å². The summed E-state index contributed by atoms with van der Waals surface area (Å²) in [6.45, 7) is 10.5. The molecule has 1 aliphatic rings. The zero-order chi connectivity index (χ0) is 19.5. The second-order valence-electron chi connectivity index (χ2n) is 8.92. The normalized spacial score (nSPS) is 18.9. The van der Waals surface area contributed by atoms with Crippen LogP contribution in [0.25, 0.3) is 11.3 Å². The molecule has 0 spiro atoms. The molecule has 27 heavy (non-hydrogen) atoms. The van der Waals surface area contributed by atoms with Crippen molar-refractivity contribution in [3.63, 3.8) is 0 Å². The van der Waals surface area contributed by atoms with E-state index in [0.29, 0.717) is 19.0 Å². The molecule has 0 saturated carbocycles. The fourth-order valence-corrected chi connectivity index (χ4v) is 4.43. The summed E-state index contributed by atoms with van der Waals surface area (Å²) in [7, 11) is 0. The van der Waals surface area contributed by atoms with Crippen LogP contribution in [0.15, 0.2) is 36.5 Å². The summed E-state index contributed by atoms with van der Waals surface area (Å²) in [6.07, 6.45) is 4.75. The van der Waals surface area contributed by atoms with E-state index in [9.17, 15) is 0 Å². The highest BCUT2D eigenvalue weighted by Gasteiger charge is 2.37. The third kappa shape index (κ3) is 5.18. The Labute approximate surface area is 162 Å². The molecule has 0 bridgehead atoms. The van der Waals surface area contributed by atoms with Crippen molar-refractivity contribution in [2.75, 3.05) is 0 Å². The van der Waals surface area contributed by atoms with Gasteiger partial charge in [-0.15, -0.1) is 0 Å². The van der Waals surface area contributed by atoms with Crippen LogP contribution in [0.5, 0.6) is 0 Å². The number of nitriles is 1. The third-order valence-electron chi connectivity index (χ3n) is 5.11. The molecule has 1 saturated heterocycles. The van der Waals surface area contributed by atoms with Crippen molar-refractivity contribution in [2.45, 2.75) is 77.2 Å². The van der Waals surface area contributed by atoms with Gasteiger partial charge in [0.15, 0.2) is 0 Å². The van der Waals surface area contributed by atoms with E-state index < -0.39 is 0 Å². The Hall–Kier alpha value is -2.16. The third-order valence-corrected chi connectivity index (χ3v) is 5.11. The standard InChI is InChI=1S/C22H31N5/c1-21(2)13-19(14-22(3,4)26-21)24-15-18-16-27(12-8-11-23)25-20(18)17-9-6-5-7-10-17/h5-7,9-10,16,19,24,26H,8,12-15H2,1-4H3. The Bertz CT molecular complexity index is 782. The van der Waals surface area contributed by atoms with Crippen molar-refractivity contribution < 1.29 is 0 Å². The summed E-state index contributed by atoms with van der Waals surface area (Å²) < 4.78 is 1.90. The van der Waals surface area contributed by atoms with Gasteiger partial charge in [0.25, 0.3) is 0 Å². The van der Waals surface area contributed by atoms with Crippen molar-refractivity contribution in [1.82, 2.24) is 20.4 Å². The van der Waals surface area contributed by atoms with Crippen LogP contribution in [0.3, 0.4) is 0 Å². The minimum Gasteiger partial charge on any atom is -0.310 e. The minimum absolute atomic E-state index is 0.124. The molecule has 0 unspecified atom stereocenters. The minimum atomic E-state index is 0.124. The van der Waals surface area contributed by atoms with Crippen LogP contribution in [0.4, 0.5) is 0 Å². The Morgan fingerprint density at radius 3 is 2.48 bits per heavy atom. The summed E-state index contributed by atoms with van der Waals surface area (Å²) >= 11 is 0. The lowest BCUT2D eigenvalue weighted by Gasteiger charge is -2.46. The van der Waals surface area contributed by atoms with E-state index in [-0.39, 0.29) is 11.1 Å². The molecule has 144 valence electrons. The molecule has 1 aliphatic heterocycles. The molecule has 0 aliphatic carbocycles. The number of nitrogens with one attached hydrogen (secondary N) is 2. The lowest BCUT2D eigenvalue weighted by atomic mass is 9.79. The summed E-state index contributed by atoms with van der Waals surface area (Å²) in [6, 6.07) is 13.0. The second-order valence-corrected chi connectivity index (χ2v) is 8.92. The predicted molar refractivity (Wildman–Crippen MR) is 109 cm³/mol. The van der Waals surface area contributed by atoms with Crippen molar-refractivity contribution in [2.24, 2.45) is 0 Å². The number of rotatable bonds is 6. The molecule has 5 heteroatoms. The van der Waals surface area contributed by atoms with Gasteiger partial charge in [0, 0.05) is 41.0 Å². The number of aromatic nitrogens is 2. The van der Waals surface area contributed by atoms with Crippen molar-refractivity contribution in [1.29, 1.82) is 5.26 Å². The molecular formula is C22H31N5. The summed E-state index contributed by atoms with van der Waals surface area (Å²) in [4.78, 5) is 0. The number of benzene rings is 1. The van der Waals surface area contributed by atoms with Crippen LogP contribution in [0.1, 0.15) is 52.5 Å². The molecular weight excluding hydrogens is 334 g/mol. The summed E-state index contributed by atoms with van der Waals surface area (Å²) in [5, 5.41) is 21.1. The molecule has 1 aromatic heterocycles. The zero-order valence-corrected chi connectivity index (χ0v) is 16.9. The van der Waals surface area contributed by atoms with Gasteiger partial charge in [0.05, 0.1) is 24.7 Å². The maximum atomic E-state index is 8.88. The predicted octanol–water partition coefficient (Wildman–Crippen LogP) is 3.86. The topological polar surface area (TPSA) is 65.7 Å². The largest absolute Gasteiger partial charge is 0.310 e. The van der Waals surface area contributed by atoms with Gasteiger partial charge in [-0.3, -0.25) is 4.68 Å². The van der Waals surface area contributed by atoms with E-state index >= 15 is 0 Å². The fourth-order valence-electron chi connectivity index (χ4n) is 4.43. The lowest BCUT2D eigenvalue weighted by molar-refractivity contribution is 0.145. The number of aryl methyl sites for hydroxylation is 1. The molecule has 0 radical (unpaired) electrons. The van der Waals surface area contributed by atoms with E-state index in [1.54, 1.807) is 0 Å². The molecule has 1 aromatic carbocycles. The average Bonchev–Trinajstić information content (AvgIpc) is 2.99. The van der Waals surface area contributed by atoms with Crippen LogP contribution in [0.2, 0.25) is 0 Å². The molecule has 2 N–H and O–H groups in total. The molecule has 0 atom stereocenters. The fraction of sp³-hybridized carbons (Fsp3) is 0.545. The van der Waals surface area contributed by atoms with Crippen LogP contribution >= 0.6 is 0 Å². The molecule has 3 rings (SSSR count). The van der Waals surface area contributed by atoms with E-state index in [1.165, 1.54) is 5.56 Å². The van der Waals surface area contributed by atoms with E-state index in [0.717, 1.165) is 30.6 Å². The van der Waals surface area contributed by atoms with E-state index in [2.05, 4.69) is 62.7 Å². The van der Waals surface area contributed by atoms with Crippen LogP contribution in [-0.2, 0) is 13.1 Å². The van der Waals surface area contributed by atoms with Gasteiger partial charge in [-0.1, -0.05) is 30.3 Å². The van der Waals surface area contributed by atoms with Gasteiger partial charge in [-0.25, -0.2) is 0 Å². The summed E-state index contributed by atoms with van der Waals surface area (Å²) in [5.74, 6) is 0. The second kappa shape index (κ2) is 7.84. The maximum absolute atomic E-state index is 8.88. The average molecular weight is 366 g/mol. The van der Waals surface area contributed by atoms with Gasteiger partial charge < -0.3 is 10.6 Å². The maximum Gasteiger partial charge on any atom is 0.0968 e. The highest BCUT2D eigenvalue weighted by Crippen LogP contribution is 2.29. The Morgan fingerprint density at radius 1 is 1.19 bits per heavy atom. The van der Waals surface area contributed by atoms with Crippen LogP contribution in [-0.4, -0.2) is 26.9 Å². The number of piperidine rings is 1. The van der Waals surface area contributed by atoms with E-state index in [4.69, 9.17) is 10.4 Å². The van der Waals surface area contributed by atoms with Gasteiger partial charge in [-0.05, 0) is 40.5 Å². The highest BCUT2D eigenvalue weighted by atomic mass is 15.3. The Kier molecular flexibility index (Phi) is 5.69. The molecule has 0 amide bonds. The van der Waals surface area contributed by atoms with Gasteiger partial charge in [0.1, 0.15) is 0 Å². The zero-order valence-electron chi connectivity index (χ0n) is 16.9. The highest BCUT2D eigenvalue weighted by molar-refractivity contribution is 5.62. The summed E-state index contributed by atoms with van der Waals surface area (Å²) in [5.41, 5.74) is 3.56. The van der Waals surface area contributed by atoms with Gasteiger partial charge >= 0.3 is 0 Å². The smallest absolute Gasteiger partial charge is 0.0968 e. The van der Waals surface area contributed by atoms with Crippen LogP contribution in [0, 0.1) is 11.3 Å². The number of nitrogens with zero attached hydrogens (tertiary/aromatic N) is 3. The van der Waals surface area contributed by atoms with Crippen molar-refractivity contribution in [3.8, 4) is 17.3 Å². The number of hydrogen-bond donors (Lipinski definition) is 2. The molecule has 2 heterocycles. The first-order valence-electron chi connectivity index (χ1n) is 9.79. The molecule has 1 fully saturated rings. The number of hydrogen-bond acceptors (Lipinski definition) is 4. The Morgan fingerprint density at radius 2 is 1.85 bits per heavy atom. The first-order valence-corrected chi connectivity index (χ1v) is 9.79. The quantitative estimate of drug-likeness (QED) is 0.816. The monoisotopic (exact) mass is 365 g/mol. The first kappa shape index (κ1) is 19.6. The van der Waals surface area contributed by atoms with Gasteiger partial charge in [0.2, 0.25) is 0 Å². The SMILES string of the molecule is CC1(C)CC(NCc2cn(CCC#N)nc2-c2ccccc2)CC(C)(C)N1. The first-order chi connectivity index (χ1) is 12.8. The lowest BCUT2D eigenvalue weighted by Crippen LogP contribution is -2.61. The van der Waals surface area contributed by atoms with Crippen molar-refractivity contribution in [3.05, 3.63) is 42.1 Å².